The third-order valence-corrected chi connectivity index (χ3v) is 2.28. The number of aromatic nitrogens is 6. The Hall–Kier alpha value is -1.62. The van der Waals surface area contributed by atoms with Gasteiger partial charge in [0.2, 0.25) is 0 Å². The van der Waals surface area contributed by atoms with E-state index in [9.17, 15) is 0 Å². The summed E-state index contributed by atoms with van der Waals surface area (Å²) in [7, 11) is -0.194. The molecule has 6 nitrogen and oxygen atoms in total. The maximum atomic E-state index is 4.22. The minimum absolute atomic E-state index is 0. The van der Waals surface area contributed by atoms with Crippen LogP contribution in [0.15, 0.2) is 55.4 Å². The van der Waals surface area contributed by atoms with Crippen LogP contribution in [-0.2, 0) is 21.1 Å². The minimum Gasteiger partial charge on any atom is -0.425 e. The molecule has 0 N–H and O–H groups in total. The number of hydrogen-bond acceptors (Lipinski definition) is 3. The van der Waals surface area contributed by atoms with Crippen molar-refractivity contribution in [3.8, 4) is 0 Å². The van der Waals surface area contributed by atoms with Crippen molar-refractivity contribution in [1.29, 1.82) is 0 Å². The van der Waals surface area contributed by atoms with Crippen LogP contribution in [-0.4, -0.2) is 36.2 Å². The van der Waals surface area contributed by atoms with Crippen LogP contribution in [0.3, 0.4) is 0 Å². The van der Waals surface area contributed by atoms with Crippen molar-refractivity contribution < 1.29 is 21.1 Å². The van der Waals surface area contributed by atoms with Gasteiger partial charge in [-0.25, -0.2) is 15.3 Å². The van der Waals surface area contributed by atoms with Crippen molar-refractivity contribution in [2.24, 2.45) is 0 Å². The van der Waals surface area contributed by atoms with Gasteiger partial charge in [0.05, 0.1) is 0 Å². The molecule has 3 heterocycles. The van der Waals surface area contributed by atoms with Gasteiger partial charge in [-0.1, -0.05) is 0 Å². The zero-order valence-electron chi connectivity index (χ0n) is 9.77. The second-order valence-electron chi connectivity index (χ2n) is 3.30. The van der Waals surface area contributed by atoms with Crippen molar-refractivity contribution in [3.63, 3.8) is 0 Å². The van der Waals surface area contributed by atoms with Gasteiger partial charge in [0, 0.05) is 18.6 Å². The van der Waals surface area contributed by atoms with Crippen LogP contribution in [0, 0.1) is 7.43 Å². The fraction of sp³-hybridized carbons (Fsp3) is 0. The summed E-state index contributed by atoms with van der Waals surface area (Å²) >= 11 is 0. The quantitative estimate of drug-likeness (QED) is 0.461. The molecule has 0 aliphatic heterocycles. The van der Waals surface area contributed by atoms with Gasteiger partial charge < -0.3 is 21.2 Å². The van der Waals surface area contributed by atoms with Gasteiger partial charge in [-0.3, -0.25) is 0 Å². The monoisotopic (exact) mass is 422 g/mol. The number of hydrogen-bond donors (Lipinski definition) is 0. The Morgan fingerprint density at radius 3 is 1.22 bits per heavy atom. The van der Waals surface area contributed by atoms with Crippen molar-refractivity contribution in [2.75, 3.05) is 0 Å². The molecule has 3 aromatic heterocycles. The van der Waals surface area contributed by atoms with Crippen molar-refractivity contribution >= 4 is 7.12 Å². The van der Waals surface area contributed by atoms with E-state index in [4.69, 9.17) is 0 Å². The minimum atomic E-state index is -0.194. The molecule has 0 aromatic carbocycles. The van der Waals surface area contributed by atoms with E-state index in [1.165, 1.54) is 0 Å². The largest absolute Gasteiger partial charge is 2.00 e. The van der Waals surface area contributed by atoms with E-state index in [0.29, 0.717) is 0 Å². The zero-order chi connectivity index (χ0) is 10.8. The van der Waals surface area contributed by atoms with Gasteiger partial charge in [-0.15, -0.1) is 0 Å². The van der Waals surface area contributed by atoms with Crippen LogP contribution < -0.4 is 0 Å². The van der Waals surface area contributed by atoms with E-state index in [0.717, 1.165) is 0 Å². The second-order valence-corrected chi connectivity index (χ2v) is 3.30. The first-order chi connectivity index (χ1) is 7.95. The molecule has 0 amide bonds. The van der Waals surface area contributed by atoms with E-state index in [1.807, 2.05) is 36.8 Å². The summed E-state index contributed by atoms with van der Waals surface area (Å²) in [6.45, 7) is 0. The van der Waals surface area contributed by atoms with E-state index < -0.39 is 0 Å². The van der Waals surface area contributed by atoms with E-state index in [1.54, 1.807) is 32.4 Å². The summed E-state index contributed by atoms with van der Waals surface area (Å²) in [5.74, 6) is 0. The van der Waals surface area contributed by atoms with Crippen LogP contribution in [0.2, 0.25) is 0 Å². The summed E-state index contributed by atoms with van der Waals surface area (Å²) in [5, 5.41) is 12.7. The Balaban J connectivity index is 0.000000810. The van der Waals surface area contributed by atoms with Gasteiger partial charge in [0.15, 0.2) is 0 Å². The molecular weight excluding hydrogens is 410 g/mol. The number of rotatable bonds is 3. The third kappa shape index (κ3) is 2.62. The average Bonchev–Trinajstić information content (AvgIpc) is 3.02. The van der Waals surface area contributed by atoms with Crippen molar-refractivity contribution in [2.45, 2.75) is 0 Å². The smallest absolute Gasteiger partial charge is 0.425 e. The predicted molar refractivity (Wildman–Crippen MR) is 65.0 cm³/mol. The van der Waals surface area contributed by atoms with Crippen LogP contribution >= 0.6 is 0 Å². The Morgan fingerprint density at radius 1 is 0.667 bits per heavy atom. The molecule has 3 aromatic rings. The molecule has 0 fully saturated rings. The van der Waals surface area contributed by atoms with Crippen molar-refractivity contribution in [1.82, 2.24) is 29.1 Å². The van der Waals surface area contributed by atoms with Crippen molar-refractivity contribution in [3.05, 3.63) is 62.8 Å². The normalized spacial score (nSPS) is 9.83. The Kier molecular flexibility index (Phi) is 5.10. The van der Waals surface area contributed by atoms with Gasteiger partial charge in [0.25, 0.3) is 7.12 Å². The molecule has 3 rings (SSSR count). The Labute approximate surface area is 120 Å². The van der Waals surface area contributed by atoms with Gasteiger partial charge in [0.1, 0.15) is 0 Å². The predicted octanol–water partition coefficient (Wildman–Crippen LogP) is 0.653. The zero-order valence-corrected chi connectivity index (χ0v) is 12.0. The standard InChI is InChI=1S/C9H9BN6.CH3.Pt/c1-4-11-14(7-1)10(15-8-2-5-12-15)16-9-3-6-13-16;;/h1-9H;1H3;/q2*-1;+2. The molecule has 8 heteroatoms. The van der Waals surface area contributed by atoms with Crippen LogP contribution in [0.25, 0.3) is 0 Å². The van der Waals surface area contributed by atoms with Crippen LogP contribution in [0.5, 0.6) is 0 Å². The van der Waals surface area contributed by atoms with Crippen LogP contribution in [0.4, 0.5) is 0 Å². The van der Waals surface area contributed by atoms with Crippen LogP contribution in [0.1, 0.15) is 0 Å². The number of nitrogens with zero attached hydrogens (tertiary/aromatic N) is 6. The first-order valence-electron chi connectivity index (χ1n) is 4.92. The average molecular weight is 422 g/mol. The molecule has 0 saturated carbocycles. The van der Waals surface area contributed by atoms with Gasteiger partial charge in [-0.05, 0) is 36.8 Å². The summed E-state index contributed by atoms with van der Waals surface area (Å²) in [6, 6.07) is 5.62. The Morgan fingerprint density at radius 2 is 1.00 bits per heavy atom. The topological polar surface area (TPSA) is 53.5 Å². The second kappa shape index (κ2) is 6.35. The molecule has 0 atom stereocenters. The first kappa shape index (κ1) is 14.4. The molecule has 95 valence electrons. The molecular formula is C10H12BN6Pt. The van der Waals surface area contributed by atoms with Gasteiger partial charge in [-0.2, -0.15) is 0 Å². The summed E-state index contributed by atoms with van der Waals surface area (Å²) in [4.78, 5) is 0. The molecule has 0 spiro atoms. The molecule has 0 aliphatic carbocycles. The fourth-order valence-corrected chi connectivity index (χ4v) is 1.62. The SMILES string of the molecule is [CH3-].[Pt+2].c1cnn([B-](n2cccn2)n2cccn2)c1. The maximum Gasteiger partial charge on any atom is 2.00 e. The molecule has 0 saturated heterocycles. The summed E-state index contributed by atoms with van der Waals surface area (Å²) in [5.41, 5.74) is 0. The summed E-state index contributed by atoms with van der Waals surface area (Å²) in [6.07, 6.45) is 10.9. The Bertz CT molecular complexity index is 452. The van der Waals surface area contributed by atoms with E-state index in [2.05, 4.69) is 15.3 Å². The molecule has 0 aliphatic rings. The third-order valence-electron chi connectivity index (χ3n) is 2.28. The van der Waals surface area contributed by atoms with Gasteiger partial charge >= 0.3 is 21.1 Å². The molecule has 0 bridgehead atoms. The van der Waals surface area contributed by atoms with E-state index >= 15 is 0 Å². The summed E-state index contributed by atoms with van der Waals surface area (Å²) < 4.78 is 5.38. The first-order valence-corrected chi connectivity index (χ1v) is 4.92. The fourth-order valence-electron chi connectivity index (χ4n) is 1.62. The van der Waals surface area contributed by atoms with E-state index in [-0.39, 0.29) is 35.6 Å². The molecule has 18 heavy (non-hydrogen) atoms. The maximum absolute atomic E-state index is 4.22. The molecule has 0 unspecified atom stereocenters. The molecule has 1 radical (unpaired) electrons.